The first-order valence-electron chi connectivity index (χ1n) is 6.15. The molecule has 1 saturated heterocycles. The van der Waals surface area contributed by atoms with Crippen LogP contribution in [0.4, 0.5) is 0 Å². The minimum atomic E-state index is 0.682. The summed E-state index contributed by atoms with van der Waals surface area (Å²) in [5.74, 6) is 2.68. The number of likely N-dealkylation sites (tertiary alicyclic amines) is 1. The van der Waals surface area contributed by atoms with Gasteiger partial charge < -0.3 is 10.2 Å². The van der Waals surface area contributed by atoms with Gasteiger partial charge in [0.05, 0.1) is 0 Å². The van der Waals surface area contributed by atoms with Crippen LogP contribution in [0.2, 0.25) is 0 Å². The molecule has 86 valence electrons. The summed E-state index contributed by atoms with van der Waals surface area (Å²) in [5.41, 5.74) is 0. The second kappa shape index (κ2) is 6.87. The molecule has 1 rings (SSSR count). The van der Waals surface area contributed by atoms with E-state index in [2.05, 4.69) is 30.0 Å². The highest BCUT2D eigenvalue weighted by Crippen LogP contribution is 2.13. The van der Waals surface area contributed by atoms with E-state index in [0.29, 0.717) is 12.1 Å². The highest BCUT2D eigenvalue weighted by molar-refractivity contribution is 4.85. The maximum Gasteiger partial charge on any atom is 0.0211 e. The first-order chi connectivity index (χ1) is 7.24. The van der Waals surface area contributed by atoms with Crippen molar-refractivity contribution in [2.24, 2.45) is 0 Å². The van der Waals surface area contributed by atoms with Crippen molar-refractivity contribution in [2.75, 3.05) is 19.6 Å². The SMILES string of the molecule is C#CCCNC1CCCN(C(C)C)CC1. The van der Waals surface area contributed by atoms with Crippen molar-refractivity contribution in [3.8, 4) is 12.3 Å². The largest absolute Gasteiger partial charge is 0.313 e. The number of nitrogens with one attached hydrogen (secondary N) is 1. The van der Waals surface area contributed by atoms with E-state index in [0.717, 1.165) is 13.0 Å². The fourth-order valence-corrected chi connectivity index (χ4v) is 2.19. The Hall–Kier alpha value is -0.520. The van der Waals surface area contributed by atoms with Gasteiger partial charge >= 0.3 is 0 Å². The number of rotatable bonds is 4. The van der Waals surface area contributed by atoms with Gasteiger partial charge in [-0.3, -0.25) is 0 Å². The molecular weight excluding hydrogens is 184 g/mol. The predicted molar refractivity (Wildman–Crippen MR) is 65.8 cm³/mol. The summed E-state index contributed by atoms with van der Waals surface area (Å²) in [7, 11) is 0. The van der Waals surface area contributed by atoms with Gasteiger partial charge in [-0.15, -0.1) is 12.3 Å². The maximum absolute atomic E-state index is 5.24. The third kappa shape index (κ3) is 4.68. The molecule has 1 atom stereocenters. The fourth-order valence-electron chi connectivity index (χ4n) is 2.19. The lowest BCUT2D eigenvalue weighted by Crippen LogP contribution is -2.34. The maximum atomic E-state index is 5.24. The van der Waals surface area contributed by atoms with E-state index in [1.807, 2.05) is 0 Å². The van der Waals surface area contributed by atoms with Gasteiger partial charge in [-0.2, -0.15) is 0 Å². The Morgan fingerprint density at radius 2 is 2.20 bits per heavy atom. The molecule has 1 fully saturated rings. The van der Waals surface area contributed by atoms with Gasteiger partial charge in [-0.05, 0) is 46.2 Å². The van der Waals surface area contributed by atoms with Crippen molar-refractivity contribution in [3.63, 3.8) is 0 Å². The molecule has 1 heterocycles. The minimum absolute atomic E-state index is 0.682. The molecule has 0 radical (unpaired) electrons. The van der Waals surface area contributed by atoms with E-state index >= 15 is 0 Å². The molecule has 2 heteroatoms. The standard InChI is InChI=1S/C13H24N2/c1-4-5-9-14-13-7-6-10-15(11-8-13)12(2)3/h1,12-14H,5-11H2,2-3H3. The first kappa shape index (κ1) is 12.5. The van der Waals surface area contributed by atoms with E-state index in [1.165, 1.54) is 32.4 Å². The quantitative estimate of drug-likeness (QED) is 0.560. The Balaban J connectivity index is 2.24. The molecule has 2 nitrogen and oxygen atoms in total. The summed E-state index contributed by atoms with van der Waals surface area (Å²) in [4.78, 5) is 2.57. The predicted octanol–water partition coefficient (Wildman–Crippen LogP) is 1.86. The zero-order valence-electron chi connectivity index (χ0n) is 10.1. The average molecular weight is 208 g/mol. The van der Waals surface area contributed by atoms with Gasteiger partial charge in [0.1, 0.15) is 0 Å². The number of hydrogen-bond acceptors (Lipinski definition) is 2. The molecular formula is C13H24N2. The molecule has 0 spiro atoms. The number of nitrogens with zero attached hydrogens (tertiary/aromatic N) is 1. The van der Waals surface area contributed by atoms with E-state index in [4.69, 9.17) is 6.42 Å². The van der Waals surface area contributed by atoms with E-state index in [9.17, 15) is 0 Å². The third-order valence-electron chi connectivity index (χ3n) is 3.20. The molecule has 0 aromatic heterocycles. The Labute approximate surface area is 94.4 Å². The van der Waals surface area contributed by atoms with Gasteiger partial charge in [0, 0.05) is 25.0 Å². The van der Waals surface area contributed by atoms with Gasteiger partial charge in [-0.25, -0.2) is 0 Å². The third-order valence-corrected chi connectivity index (χ3v) is 3.20. The van der Waals surface area contributed by atoms with Crippen molar-refractivity contribution >= 4 is 0 Å². The zero-order chi connectivity index (χ0) is 11.1. The summed E-state index contributed by atoms with van der Waals surface area (Å²) in [6.07, 6.45) is 9.97. The first-order valence-corrected chi connectivity index (χ1v) is 6.15. The number of terminal acetylenes is 1. The minimum Gasteiger partial charge on any atom is -0.313 e. The van der Waals surface area contributed by atoms with Crippen LogP contribution >= 0.6 is 0 Å². The summed E-state index contributed by atoms with van der Waals surface area (Å²) >= 11 is 0. The second-order valence-electron chi connectivity index (χ2n) is 4.67. The summed E-state index contributed by atoms with van der Waals surface area (Å²) < 4.78 is 0. The van der Waals surface area contributed by atoms with Crippen molar-refractivity contribution < 1.29 is 0 Å². The monoisotopic (exact) mass is 208 g/mol. The molecule has 0 amide bonds. The average Bonchev–Trinajstić information content (AvgIpc) is 2.44. The van der Waals surface area contributed by atoms with Crippen LogP contribution in [0.15, 0.2) is 0 Å². The van der Waals surface area contributed by atoms with Crippen molar-refractivity contribution in [3.05, 3.63) is 0 Å². The smallest absolute Gasteiger partial charge is 0.0211 e. The Morgan fingerprint density at radius 1 is 1.40 bits per heavy atom. The number of hydrogen-bond donors (Lipinski definition) is 1. The normalized spacial score (nSPS) is 23.7. The second-order valence-corrected chi connectivity index (χ2v) is 4.67. The van der Waals surface area contributed by atoms with Crippen LogP contribution in [-0.2, 0) is 0 Å². The van der Waals surface area contributed by atoms with Crippen LogP contribution in [0.25, 0.3) is 0 Å². The molecule has 1 N–H and O–H groups in total. The van der Waals surface area contributed by atoms with E-state index in [1.54, 1.807) is 0 Å². The van der Waals surface area contributed by atoms with Gasteiger partial charge in [0.25, 0.3) is 0 Å². The molecule has 15 heavy (non-hydrogen) atoms. The Kier molecular flexibility index (Phi) is 5.75. The van der Waals surface area contributed by atoms with E-state index < -0.39 is 0 Å². The van der Waals surface area contributed by atoms with Crippen LogP contribution in [-0.4, -0.2) is 36.6 Å². The fraction of sp³-hybridized carbons (Fsp3) is 0.846. The molecule has 1 aliphatic rings. The zero-order valence-corrected chi connectivity index (χ0v) is 10.1. The Bertz CT molecular complexity index is 205. The summed E-state index contributed by atoms with van der Waals surface area (Å²) in [5, 5.41) is 3.55. The molecule has 1 unspecified atom stereocenters. The molecule has 0 aromatic carbocycles. The lowest BCUT2D eigenvalue weighted by Gasteiger charge is -2.24. The Morgan fingerprint density at radius 3 is 2.87 bits per heavy atom. The molecule has 0 aliphatic carbocycles. The molecule has 1 aliphatic heterocycles. The van der Waals surface area contributed by atoms with E-state index in [-0.39, 0.29) is 0 Å². The van der Waals surface area contributed by atoms with Crippen LogP contribution < -0.4 is 5.32 Å². The van der Waals surface area contributed by atoms with Crippen LogP contribution in [0.1, 0.15) is 39.5 Å². The lowest BCUT2D eigenvalue weighted by molar-refractivity contribution is 0.229. The van der Waals surface area contributed by atoms with Gasteiger partial charge in [0.15, 0.2) is 0 Å². The van der Waals surface area contributed by atoms with Crippen LogP contribution in [0.5, 0.6) is 0 Å². The van der Waals surface area contributed by atoms with Gasteiger partial charge in [0.2, 0.25) is 0 Å². The van der Waals surface area contributed by atoms with Crippen LogP contribution in [0, 0.1) is 12.3 Å². The van der Waals surface area contributed by atoms with Crippen molar-refractivity contribution in [1.82, 2.24) is 10.2 Å². The molecule has 0 saturated carbocycles. The lowest BCUT2D eigenvalue weighted by atomic mass is 10.1. The molecule has 0 bridgehead atoms. The molecule has 0 aromatic rings. The van der Waals surface area contributed by atoms with Crippen molar-refractivity contribution in [2.45, 2.75) is 51.6 Å². The topological polar surface area (TPSA) is 15.3 Å². The van der Waals surface area contributed by atoms with Crippen LogP contribution in [0.3, 0.4) is 0 Å². The summed E-state index contributed by atoms with van der Waals surface area (Å²) in [6, 6.07) is 1.37. The van der Waals surface area contributed by atoms with Crippen molar-refractivity contribution in [1.29, 1.82) is 0 Å². The highest BCUT2D eigenvalue weighted by atomic mass is 15.1. The summed E-state index contributed by atoms with van der Waals surface area (Å²) in [6.45, 7) is 8.03. The van der Waals surface area contributed by atoms with Gasteiger partial charge in [-0.1, -0.05) is 0 Å². The highest BCUT2D eigenvalue weighted by Gasteiger charge is 2.17.